The van der Waals surface area contributed by atoms with Gasteiger partial charge in [0.1, 0.15) is 5.75 Å². The Morgan fingerprint density at radius 1 is 0.935 bits per heavy atom. The van der Waals surface area contributed by atoms with Crippen LogP contribution >= 0.6 is 0 Å². The maximum absolute atomic E-state index is 8.63. The van der Waals surface area contributed by atoms with Crippen molar-refractivity contribution in [1.82, 2.24) is 0 Å². The minimum atomic E-state index is 0.150. The van der Waals surface area contributed by atoms with Gasteiger partial charge in [0.15, 0.2) is 0 Å². The van der Waals surface area contributed by atoms with E-state index >= 15 is 0 Å². The second-order valence-corrected chi connectivity index (χ2v) is 9.21. The van der Waals surface area contributed by atoms with Gasteiger partial charge in [0.2, 0.25) is 0 Å². The molecule has 1 fully saturated rings. The van der Waals surface area contributed by atoms with Gasteiger partial charge in [-0.2, -0.15) is 0 Å². The summed E-state index contributed by atoms with van der Waals surface area (Å²) < 4.78 is 6.89. The van der Waals surface area contributed by atoms with Crippen LogP contribution in [0.15, 0.2) is 60.7 Å². The number of rotatable bonds is 10. The van der Waals surface area contributed by atoms with Crippen molar-refractivity contribution in [2.24, 2.45) is 5.92 Å². The summed E-state index contributed by atoms with van der Waals surface area (Å²) in [6, 6.07) is 19.5. The molecule has 0 aliphatic heterocycles. The molecule has 0 bridgehead atoms. The van der Waals surface area contributed by atoms with Gasteiger partial charge in [0.05, 0.1) is 11.7 Å². The summed E-state index contributed by atoms with van der Waals surface area (Å²) in [6.07, 6.45) is 14.6. The molecule has 3 rings (SSSR count). The van der Waals surface area contributed by atoms with Gasteiger partial charge in [0.25, 0.3) is 0 Å². The third-order valence-corrected chi connectivity index (χ3v) is 6.56. The Morgan fingerprint density at radius 2 is 1.58 bits per heavy atom. The number of phenols is 1. The highest BCUT2D eigenvalue weighted by Crippen LogP contribution is 2.44. The molecule has 1 saturated carbocycles. The van der Waals surface area contributed by atoms with E-state index in [0.717, 1.165) is 12.3 Å². The van der Waals surface area contributed by atoms with Crippen molar-refractivity contribution in [1.29, 1.82) is 0 Å². The molecule has 3 atom stereocenters. The smallest absolute Gasteiger partial charge is 0.115 e. The lowest BCUT2D eigenvalue weighted by atomic mass is 9.70. The minimum Gasteiger partial charge on any atom is -0.508 e. The summed E-state index contributed by atoms with van der Waals surface area (Å²) in [6.45, 7) is 6.91. The zero-order valence-electron chi connectivity index (χ0n) is 20.1. The zero-order chi connectivity index (χ0) is 22.4. The average Bonchev–Trinajstić information content (AvgIpc) is 2.79. The standard InChI is InChI=1S/C23H38O.C6H6O/c1-4-6-15-22-16-11-12-18-23(22,17-7-5-2)24-20(3)19-21-13-9-8-10-14-21;7-6-4-2-1-3-5-6/h8-10,13-14,20,22H,4-7,11-12,15-19H2,1-3H3;1-5,7H. The van der Waals surface area contributed by atoms with Gasteiger partial charge in [-0.3, -0.25) is 0 Å². The third-order valence-electron chi connectivity index (χ3n) is 6.56. The molecule has 1 aliphatic carbocycles. The topological polar surface area (TPSA) is 29.5 Å². The molecule has 0 radical (unpaired) electrons. The van der Waals surface area contributed by atoms with Crippen LogP contribution in [0.5, 0.6) is 5.75 Å². The monoisotopic (exact) mass is 424 g/mol. The van der Waals surface area contributed by atoms with Crippen molar-refractivity contribution >= 4 is 0 Å². The lowest BCUT2D eigenvalue weighted by Gasteiger charge is -2.46. The van der Waals surface area contributed by atoms with E-state index in [1.54, 1.807) is 24.3 Å². The van der Waals surface area contributed by atoms with Crippen LogP contribution in [0.2, 0.25) is 0 Å². The highest BCUT2D eigenvalue weighted by molar-refractivity contribution is 5.18. The first-order valence-corrected chi connectivity index (χ1v) is 12.6. The van der Waals surface area contributed by atoms with Crippen LogP contribution in [0.4, 0.5) is 0 Å². The fraction of sp³-hybridized carbons (Fsp3) is 0.586. The summed E-state index contributed by atoms with van der Waals surface area (Å²) in [5, 5.41) is 8.63. The number of unbranched alkanes of at least 4 members (excludes halogenated alkanes) is 2. The van der Waals surface area contributed by atoms with Crippen molar-refractivity contribution in [2.75, 3.05) is 0 Å². The van der Waals surface area contributed by atoms with E-state index in [9.17, 15) is 0 Å². The van der Waals surface area contributed by atoms with E-state index in [1.807, 2.05) is 6.07 Å². The Balaban J connectivity index is 0.000000412. The fourth-order valence-electron chi connectivity index (χ4n) is 4.98. The van der Waals surface area contributed by atoms with E-state index < -0.39 is 0 Å². The predicted molar refractivity (Wildman–Crippen MR) is 133 cm³/mol. The van der Waals surface area contributed by atoms with Crippen molar-refractivity contribution in [2.45, 2.75) is 103 Å². The largest absolute Gasteiger partial charge is 0.508 e. The first kappa shape index (κ1) is 25.5. The normalized spacial score (nSPS) is 21.7. The molecule has 0 heterocycles. The molecule has 3 unspecified atom stereocenters. The van der Waals surface area contributed by atoms with E-state index in [0.29, 0.717) is 11.9 Å². The number of hydrogen-bond donors (Lipinski definition) is 1. The molecular formula is C29H44O2. The lowest BCUT2D eigenvalue weighted by Crippen LogP contribution is -2.46. The van der Waals surface area contributed by atoms with Crippen LogP contribution in [0.3, 0.4) is 0 Å². The van der Waals surface area contributed by atoms with Crippen LogP contribution in [-0.2, 0) is 11.2 Å². The molecule has 2 aromatic rings. The van der Waals surface area contributed by atoms with Gasteiger partial charge >= 0.3 is 0 Å². The van der Waals surface area contributed by atoms with Crippen LogP contribution in [-0.4, -0.2) is 16.8 Å². The van der Waals surface area contributed by atoms with Crippen molar-refractivity contribution in [3.05, 3.63) is 66.2 Å². The molecule has 172 valence electrons. The second-order valence-electron chi connectivity index (χ2n) is 9.21. The van der Waals surface area contributed by atoms with Crippen LogP contribution in [0.1, 0.15) is 90.5 Å². The number of aromatic hydroxyl groups is 1. The Hall–Kier alpha value is -1.80. The Labute approximate surface area is 191 Å². The number of benzene rings is 2. The van der Waals surface area contributed by atoms with Crippen molar-refractivity contribution in [3.8, 4) is 5.75 Å². The quantitative estimate of drug-likeness (QED) is 0.415. The van der Waals surface area contributed by atoms with Gasteiger partial charge in [-0.05, 0) is 62.6 Å². The van der Waals surface area contributed by atoms with E-state index in [2.05, 4.69) is 51.1 Å². The second kappa shape index (κ2) is 14.3. The first-order chi connectivity index (χ1) is 15.1. The van der Waals surface area contributed by atoms with Gasteiger partial charge in [-0.1, -0.05) is 101 Å². The lowest BCUT2D eigenvalue weighted by molar-refractivity contribution is -0.147. The average molecular weight is 425 g/mol. The maximum Gasteiger partial charge on any atom is 0.115 e. The molecule has 1 N–H and O–H groups in total. The van der Waals surface area contributed by atoms with Gasteiger partial charge < -0.3 is 9.84 Å². The Morgan fingerprint density at radius 3 is 2.16 bits per heavy atom. The first-order valence-electron chi connectivity index (χ1n) is 12.6. The molecule has 2 heteroatoms. The van der Waals surface area contributed by atoms with Gasteiger partial charge in [0, 0.05) is 0 Å². The summed E-state index contributed by atoms with van der Waals surface area (Å²) in [5.74, 6) is 1.10. The predicted octanol–water partition coefficient (Wildman–Crippen LogP) is 8.34. The summed E-state index contributed by atoms with van der Waals surface area (Å²) >= 11 is 0. The molecular weight excluding hydrogens is 380 g/mol. The number of ether oxygens (including phenoxy) is 1. The minimum absolute atomic E-state index is 0.150. The molecule has 31 heavy (non-hydrogen) atoms. The van der Waals surface area contributed by atoms with Gasteiger partial charge in [-0.25, -0.2) is 0 Å². The third kappa shape index (κ3) is 9.07. The zero-order valence-corrected chi connectivity index (χ0v) is 20.1. The van der Waals surface area contributed by atoms with Crippen molar-refractivity contribution < 1.29 is 9.84 Å². The highest BCUT2D eigenvalue weighted by Gasteiger charge is 2.41. The summed E-state index contributed by atoms with van der Waals surface area (Å²) in [4.78, 5) is 0. The van der Waals surface area contributed by atoms with E-state index in [4.69, 9.17) is 9.84 Å². The molecule has 1 aliphatic rings. The van der Waals surface area contributed by atoms with E-state index in [1.165, 1.54) is 69.8 Å². The van der Waals surface area contributed by atoms with Crippen LogP contribution < -0.4 is 0 Å². The summed E-state index contributed by atoms with van der Waals surface area (Å²) in [7, 11) is 0. The Bertz CT molecular complexity index is 684. The Kier molecular flexibility index (Phi) is 11.7. The van der Waals surface area contributed by atoms with Gasteiger partial charge in [-0.15, -0.1) is 0 Å². The molecule has 0 aromatic heterocycles. The van der Waals surface area contributed by atoms with E-state index in [-0.39, 0.29) is 5.60 Å². The molecule has 2 aromatic carbocycles. The molecule has 0 spiro atoms. The molecule has 2 nitrogen and oxygen atoms in total. The maximum atomic E-state index is 8.63. The summed E-state index contributed by atoms with van der Waals surface area (Å²) in [5.41, 5.74) is 1.55. The van der Waals surface area contributed by atoms with Crippen LogP contribution in [0, 0.1) is 5.92 Å². The number of para-hydroxylation sites is 1. The van der Waals surface area contributed by atoms with Crippen LogP contribution in [0.25, 0.3) is 0 Å². The molecule has 0 saturated heterocycles. The highest BCUT2D eigenvalue weighted by atomic mass is 16.5. The fourth-order valence-corrected chi connectivity index (χ4v) is 4.98. The SMILES string of the molecule is CCCCC1CCCCC1(CCCC)OC(C)Cc1ccccc1.Oc1ccccc1. The molecule has 0 amide bonds. The number of phenolic OH excluding ortho intramolecular Hbond substituents is 1. The number of hydrogen-bond acceptors (Lipinski definition) is 2. The van der Waals surface area contributed by atoms with Crippen molar-refractivity contribution in [3.63, 3.8) is 0 Å².